The Balaban J connectivity index is 1.55. The van der Waals surface area contributed by atoms with Gasteiger partial charge in [0, 0.05) is 12.2 Å². The molecule has 5 nitrogen and oxygen atoms in total. The predicted octanol–water partition coefficient (Wildman–Crippen LogP) is 1.65. The molecular formula is C20H23N3O2. The molecule has 0 saturated carbocycles. The van der Waals surface area contributed by atoms with Crippen LogP contribution >= 0.6 is 0 Å². The van der Waals surface area contributed by atoms with Gasteiger partial charge in [0.05, 0.1) is 12.6 Å². The van der Waals surface area contributed by atoms with Crippen molar-refractivity contribution in [2.45, 2.75) is 25.3 Å². The van der Waals surface area contributed by atoms with Crippen LogP contribution < -0.4 is 16.0 Å². The van der Waals surface area contributed by atoms with E-state index in [1.807, 2.05) is 54.6 Å². The fraction of sp³-hybridized carbons (Fsp3) is 0.300. The number of anilines is 1. The predicted molar refractivity (Wildman–Crippen MR) is 98.2 cm³/mol. The third-order valence-corrected chi connectivity index (χ3v) is 4.46. The molecule has 0 aliphatic carbocycles. The average Bonchev–Trinajstić information content (AvgIpc) is 2.66. The summed E-state index contributed by atoms with van der Waals surface area (Å²) in [6.45, 7) is 0.650. The van der Waals surface area contributed by atoms with Crippen molar-refractivity contribution in [3.8, 4) is 0 Å². The Morgan fingerprint density at radius 1 is 1.08 bits per heavy atom. The second-order valence-corrected chi connectivity index (χ2v) is 6.29. The SMILES string of the molecule is NC(Cc1ccccc1)C(=O)NCC(=O)N1CCCc2ccccc21. The van der Waals surface area contributed by atoms with Crippen molar-refractivity contribution in [1.29, 1.82) is 0 Å². The quantitative estimate of drug-likeness (QED) is 0.871. The molecule has 1 unspecified atom stereocenters. The normalized spacial score (nSPS) is 14.5. The van der Waals surface area contributed by atoms with Crippen LogP contribution in [0.4, 0.5) is 5.69 Å². The molecule has 2 aromatic carbocycles. The first-order chi connectivity index (χ1) is 12.1. The van der Waals surface area contributed by atoms with E-state index in [0.29, 0.717) is 13.0 Å². The van der Waals surface area contributed by atoms with Gasteiger partial charge in [-0.25, -0.2) is 0 Å². The van der Waals surface area contributed by atoms with Crippen LogP contribution in [0.1, 0.15) is 17.5 Å². The topological polar surface area (TPSA) is 75.4 Å². The molecule has 1 atom stereocenters. The summed E-state index contributed by atoms with van der Waals surface area (Å²) in [7, 11) is 0. The van der Waals surface area contributed by atoms with Crippen molar-refractivity contribution in [1.82, 2.24) is 5.32 Å². The highest BCUT2D eigenvalue weighted by atomic mass is 16.2. The molecule has 0 aromatic heterocycles. The van der Waals surface area contributed by atoms with Gasteiger partial charge in [-0.2, -0.15) is 0 Å². The Bertz CT molecular complexity index is 746. The summed E-state index contributed by atoms with van der Waals surface area (Å²) in [6, 6.07) is 16.9. The maximum Gasteiger partial charge on any atom is 0.246 e. The Hall–Kier alpha value is -2.66. The first kappa shape index (κ1) is 17.2. The second kappa shape index (κ2) is 7.94. The summed E-state index contributed by atoms with van der Waals surface area (Å²) in [5.41, 5.74) is 9.08. The van der Waals surface area contributed by atoms with E-state index in [4.69, 9.17) is 5.73 Å². The zero-order chi connectivity index (χ0) is 17.6. The van der Waals surface area contributed by atoms with Gasteiger partial charge in [-0.15, -0.1) is 0 Å². The van der Waals surface area contributed by atoms with Crippen LogP contribution in [0, 0.1) is 0 Å². The van der Waals surface area contributed by atoms with E-state index in [1.54, 1.807) is 4.90 Å². The summed E-state index contributed by atoms with van der Waals surface area (Å²) >= 11 is 0. The van der Waals surface area contributed by atoms with Crippen LogP contribution in [0.3, 0.4) is 0 Å². The third-order valence-electron chi connectivity index (χ3n) is 4.46. The molecule has 5 heteroatoms. The lowest BCUT2D eigenvalue weighted by Crippen LogP contribution is -2.47. The Labute approximate surface area is 147 Å². The lowest BCUT2D eigenvalue weighted by atomic mass is 10.0. The number of carbonyl (C=O) groups is 2. The molecule has 2 amide bonds. The molecule has 0 saturated heterocycles. The largest absolute Gasteiger partial charge is 0.346 e. The van der Waals surface area contributed by atoms with Gasteiger partial charge in [0.1, 0.15) is 0 Å². The van der Waals surface area contributed by atoms with E-state index in [2.05, 4.69) is 5.32 Å². The number of hydrogen-bond acceptors (Lipinski definition) is 3. The van der Waals surface area contributed by atoms with Crippen molar-refractivity contribution in [2.24, 2.45) is 5.73 Å². The van der Waals surface area contributed by atoms with E-state index in [9.17, 15) is 9.59 Å². The molecule has 1 aliphatic heterocycles. The molecule has 3 rings (SSSR count). The van der Waals surface area contributed by atoms with Gasteiger partial charge in [0.25, 0.3) is 0 Å². The lowest BCUT2D eigenvalue weighted by Gasteiger charge is -2.29. The molecule has 2 aromatic rings. The highest BCUT2D eigenvalue weighted by molar-refractivity contribution is 5.98. The zero-order valence-corrected chi connectivity index (χ0v) is 14.2. The molecule has 0 radical (unpaired) electrons. The van der Waals surface area contributed by atoms with E-state index >= 15 is 0 Å². The molecule has 3 N–H and O–H groups in total. The van der Waals surface area contributed by atoms with Gasteiger partial charge in [-0.3, -0.25) is 9.59 Å². The molecule has 0 bridgehead atoms. The number of aryl methyl sites for hydroxylation is 1. The number of para-hydroxylation sites is 1. The van der Waals surface area contributed by atoms with E-state index in [0.717, 1.165) is 24.1 Å². The van der Waals surface area contributed by atoms with E-state index in [1.165, 1.54) is 5.56 Å². The minimum Gasteiger partial charge on any atom is -0.346 e. The molecule has 25 heavy (non-hydrogen) atoms. The number of rotatable bonds is 5. The summed E-state index contributed by atoms with van der Waals surface area (Å²) in [4.78, 5) is 26.4. The van der Waals surface area contributed by atoms with Crippen molar-refractivity contribution < 1.29 is 9.59 Å². The van der Waals surface area contributed by atoms with Crippen LogP contribution in [-0.4, -0.2) is 30.9 Å². The molecule has 0 fully saturated rings. The first-order valence-electron chi connectivity index (χ1n) is 8.60. The summed E-state index contributed by atoms with van der Waals surface area (Å²) in [5, 5.41) is 2.68. The van der Waals surface area contributed by atoms with E-state index < -0.39 is 6.04 Å². The number of nitrogens with one attached hydrogen (secondary N) is 1. The standard InChI is InChI=1S/C20H23N3O2/c21-17(13-15-7-2-1-3-8-15)20(25)22-14-19(24)23-12-6-10-16-9-4-5-11-18(16)23/h1-5,7-9,11,17H,6,10,12-14,21H2,(H,22,25). The summed E-state index contributed by atoms with van der Waals surface area (Å²) in [5.74, 6) is -0.407. The first-order valence-corrected chi connectivity index (χ1v) is 8.60. The zero-order valence-electron chi connectivity index (χ0n) is 14.2. The van der Waals surface area contributed by atoms with Gasteiger partial charge >= 0.3 is 0 Å². The number of fused-ring (bicyclic) bond motifs is 1. The van der Waals surface area contributed by atoms with E-state index in [-0.39, 0.29) is 18.4 Å². The summed E-state index contributed by atoms with van der Waals surface area (Å²) in [6.07, 6.45) is 2.37. The number of amides is 2. The van der Waals surface area contributed by atoms with Gasteiger partial charge in [-0.05, 0) is 36.5 Å². The number of benzene rings is 2. The maximum atomic E-state index is 12.5. The monoisotopic (exact) mass is 337 g/mol. The highest BCUT2D eigenvalue weighted by Gasteiger charge is 2.23. The molecule has 130 valence electrons. The Morgan fingerprint density at radius 3 is 2.60 bits per heavy atom. The number of hydrogen-bond donors (Lipinski definition) is 2. The summed E-state index contributed by atoms with van der Waals surface area (Å²) < 4.78 is 0. The smallest absolute Gasteiger partial charge is 0.246 e. The van der Waals surface area contributed by atoms with Crippen LogP contribution in [0.25, 0.3) is 0 Å². The van der Waals surface area contributed by atoms with Crippen molar-refractivity contribution in [2.75, 3.05) is 18.0 Å². The third kappa shape index (κ3) is 4.25. The number of nitrogens with two attached hydrogens (primary N) is 1. The Kier molecular flexibility index (Phi) is 5.46. The van der Waals surface area contributed by atoms with Gasteiger partial charge in [0.15, 0.2) is 0 Å². The fourth-order valence-electron chi connectivity index (χ4n) is 3.14. The molecule has 1 heterocycles. The minimum atomic E-state index is -0.663. The fourth-order valence-corrected chi connectivity index (χ4v) is 3.14. The second-order valence-electron chi connectivity index (χ2n) is 6.29. The number of nitrogens with zero attached hydrogens (tertiary/aromatic N) is 1. The highest BCUT2D eigenvalue weighted by Crippen LogP contribution is 2.26. The van der Waals surface area contributed by atoms with Crippen LogP contribution in [0.5, 0.6) is 0 Å². The molecule has 0 spiro atoms. The van der Waals surface area contributed by atoms with Crippen LogP contribution in [0.15, 0.2) is 54.6 Å². The van der Waals surface area contributed by atoms with Crippen molar-refractivity contribution >= 4 is 17.5 Å². The van der Waals surface area contributed by atoms with Crippen molar-refractivity contribution in [3.63, 3.8) is 0 Å². The number of carbonyl (C=O) groups excluding carboxylic acids is 2. The van der Waals surface area contributed by atoms with Gasteiger partial charge < -0.3 is 16.0 Å². The lowest BCUT2D eigenvalue weighted by molar-refractivity contribution is -0.125. The Morgan fingerprint density at radius 2 is 1.80 bits per heavy atom. The van der Waals surface area contributed by atoms with Crippen molar-refractivity contribution in [3.05, 3.63) is 65.7 Å². The average molecular weight is 337 g/mol. The van der Waals surface area contributed by atoms with Crippen LogP contribution in [-0.2, 0) is 22.4 Å². The maximum absolute atomic E-state index is 12.5. The molecule has 1 aliphatic rings. The van der Waals surface area contributed by atoms with Crippen LogP contribution in [0.2, 0.25) is 0 Å². The molecular weight excluding hydrogens is 314 g/mol. The van der Waals surface area contributed by atoms with Gasteiger partial charge in [-0.1, -0.05) is 48.5 Å². The minimum absolute atomic E-state index is 0.0321. The van der Waals surface area contributed by atoms with Gasteiger partial charge in [0.2, 0.25) is 11.8 Å².